The van der Waals surface area contributed by atoms with E-state index in [4.69, 9.17) is 5.73 Å². The molecule has 0 spiro atoms. The molecule has 0 saturated carbocycles. The Labute approximate surface area is 127 Å². The van der Waals surface area contributed by atoms with Crippen LogP contribution in [0.3, 0.4) is 0 Å². The van der Waals surface area contributed by atoms with Crippen molar-refractivity contribution in [2.24, 2.45) is 11.7 Å². The number of piperidine rings is 1. The van der Waals surface area contributed by atoms with Crippen LogP contribution in [-0.2, 0) is 16.4 Å². The van der Waals surface area contributed by atoms with Gasteiger partial charge in [-0.15, -0.1) is 0 Å². The Bertz CT molecular complexity index is 533. The standard InChI is InChI=1S/C15H25N3O2S/c1-21(19,20)18-10-2-3-14(12-18)11-15(16)5-4-13-6-8-17-9-7-13/h6-9,14-15H,2-5,10-12,16H2,1H3. The topological polar surface area (TPSA) is 76.3 Å². The molecule has 2 unspecified atom stereocenters. The van der Waals surface area contributed by atoms with Gasteiger partial charge in [0.15, 0.2) is 0 Å². The van der Waals surface area contributed by atoms with Gasteiger partial charge in [0.1, 0.15) is 0 Å². The van der Waals surface area contributed by atoms with Gasteiger partial charge in [-0.2, -0.15) is 0 Å². The van der Waals surface area contributed by atoms with E-state index in [2.05, 4.69) is 4.98 Å². The maximum absolute atomic E-state index is 11.6. The van der Waals surface area contributed by atoms with Gasteiger partial charge in [-0.1, -0.05) is 0 Å². The summed E-state index contributed by atoms with van der Waals surface area (Å²) in [5.74, 6) is 0.390. The number of sulfonamides is 1. The van der Waals surface area contributed by atoms with Crippen molar-refractivity contribution in [1.82, 2.24) is 9.29 Å². The summed E-state index contributed by atoms with van der Waals surface area (Å²) in [7, 11) is -3.06. The lowest BCUT2D eigenvalue weighted by molar-refractivity contribution is 0.244. The highest BCUT2D eigenvalue weighted by atomic mass is 32.2. The molecule has 0 aromatic carbocycles. The molecule has 0 amide bonds. The zero-order valence-electron chi connectivity index (χ0n) is 12.6. The molecule has 2 heterocycles. The highest BCUT2D eigenvalue weighted by Gasteiger charge is 2.26. The molecular formula is C15H25N3O2S. The van der Waals surface area contributed by atoms with E-state index in [1.807, 2.05) is 12.1 Å². The lowest BCUT2D eigenvalue weighted by Crippen LogP contribution is -2.41. The number of pyridine rings is 1. The predicted molar refractivity (Wildman–Crippen MR) is 84.3 cm³/mol. The third-order valence-corrected chi connectivity index (χ3v) is 5.41. The maximum atomic E-state index is 11.6. The number of hydrogen-bond donors (Lipinski definition) is 1. The minimum atomic E-state index is -3.06. The largest absolute Gasteiger partial charge is 0.328 e. The molecule has 6 heteroatoms. The number of hydrogen-bond acceptors (Lipinski definition) is 4. The summed E-state index contributed by atoms with van der Waals surface area (Å²) in [4.78, 5) is 4.00. The molecule has 1 fully saturated rings. The number of nitrogens with two attached hydrogens (primary N) is 1. The molecule has 0 aliphatic carbocycles. The van der Waals surface area contributed by atoms with Gasteiger partial charge in [0, 0.05) is 31.5 Å². The second-order valence-electron chi connectivity index (χ2n) is 6.02. The average Bonchev–Trinajstić information content (AvgIpc) is 2.46. The van der Waals surface area contributed by atoms with E-state index in [0.29, 0.717) is 19.0 Å². The Kier molecular flexibility index (Phi) is 5.72. The first-order chi connectivity index (χ1) is 9.95. The maximum Gasteiger partial charge on any atom is 0.211 e. The van der Waals surface area contributed by atoms with E-state index in [1.54, 1.807) is 16.7 Å². The summed E-state index contributed by atoms with van der Waals surface area (Å²) < 4.78 is 24.8. The molecule has 1 saturated heterocycles. The van der Waals surface area contributed by atoms with E-state index in [0.717, 1.165) is 32.1 Å². The lowest BCUT2D eigenvalue weighted by Gasteiger charge is -2.32. The summed E-state index contributed by atoms with van der Waals surface area (Å²) in [6, 6.07) is 4.15. The highest BCUT2D eigenvalue weighted by Crippen LogP contribution is 2.23. The van der Waals surface area contributed by atoms with Crippen LogP contribution in [0.1, 0.15) is 31.2 Å². The third-order valence-electron chi connectivity index (χ3n) is 4.14. The van der Waals surface area contributed by atoms with E-state index >= 15 is 0 Å². The summed E-state index contributed by atoms with van der Waals surface area (Å²) in [6.45, 7) is 1.28. The zero-order valence-corrected chi connectivity index (χ0v) is 13.4. The van der Waals surface area contributed by atoms with Gasteiger partial charge in [0.25, 0.3) is 0 Å². The first-order valence-electron chi connectivity index (χ1n) is 7.55. The van der Waals surface area contributed by atoms with Gasteiger partial charge in [-0.25, -0.2) is 12.7 Å². The third kappa shape index (κ3) is 5.37. The van der Waals surface area contributed by atoms with Crippen molar-refractivity contribution in [3.05, 3.63) is 30.1 Å². The van der Waals surface area contributed by atoms with Crippen molar-refractivity contribution in [1.29, 1.82) is 0 Å². The quantitative estimate of drug-likeness (QED) is 0.861. The van der Waals surface area contributed by atoms with Gasteiger partial charge >= 0.3 is 0 Å². The molecule has 0 bridgehead atoms. The van der Waals surface area contributed by atoms with E-state index < -0.39 is 10.0 Å². The van der Waals surface area contributed by atoms with Crippen LogP contribution in [-0.4, -0.2) is 43.1 Å². The fraction of sp³-hybridized carbons (Fsp3) is 0.667. The molecule has 1 aromatic heterocycles. The zero-order chi connectivity index (χ0) is 15.3. The Balaban J connectivity index is 1.78. The van der Waals surface area contributed by atoms with Crippen LogP contribution in [0.15, 0.2) is 24.5 Å². The van der Waals surface area contributed by atoms with E-state index in [9.17, 15) is 8.42 Å². The van der Waals surface area contributed by atoms with Crippen molar-refractivity contribution >= 4 is 10.0 Å². The van der Waals surface area contributed by atoms with Crippen molar-refractivity contribution in [2.75, 3.05) is 19.3 Å². The van der Waals surface area contributed by atoms with E-state index in [-0.39, 0.29) is 6.04 Å². The molecule has 2 rings (SSSR count). The molecule has 118 valence electrons. The van der Waals surface area contributed by atoms with Crippen molar-refractivity contribution in [2.45, 2.75) is 38.1 Å². The molecule has 0 radical (unpaired) electrons. The fourth-order valence-corrected chi connectivity index (χ4v) is 3.91. The second kappa shape index (κ2) is 7.33. The first-order valence-corrected chi connectivity index (χ1v) is 9.39. The number of nitrogens with zero attached hydrogens (tertiary/aromatic N) is 2. The molecule has 2 atom stereocenters. The Morgan fingerprint density at radius 1 is 1.43 bits per heavy atom. The highest BCUT2D eigenvalue weighted by molar-refractivity contribution is 7.88. The van der Waals surface area contributed by atoms with Crippen LogP contribution in [0, 0.1) is 5.92 Å². The van der Waals surface area contributed by atoms with Crippen molar-refractivity contribution < 1.29 is 8.42 Å². The monoisotopic (exact) mass is 311 g/mol. The summed E-state index contributed by atoms with van der Waals surface area (Å²) in [5.41, 5.74) is 7.48. The van der Waals surface area contributed by atoms with Crippen LogP contribution < -0.4 is 5.73 Å². The first kappa shape index (κ1) is 16.4. The van der Waals surface area contributed by atoms with Crippen LogP contribution in [0.25, 0.3) is 0 Å². The fourth-order valence-electron chi connectivity index (χ4n) is 2.97. The number of aryl methyl sites for hydroxylation is 1. The van der Waals surface area contributed by atoms with Gasteiger partial charge in [-0.3, -0.25) is 4.98 Å². The molecular weight excluding hydrogens is 286 g/mol. The second-order valence-corrected chi connectivity index (χ2v) is 8.00. The Morgan fingerprint density at radius 3 is 2.81 bits per heavy atom. The molecule has 21 heavy (non-hydrogen) atoms. The van der Waals surface area contributed by atoms with Crippen molar-refractivity contribution in [3.63, 3.8) is 0 Å². The smallest absolute Gasteiger partial charge is 0.211 e. The van der Waals surface area contributed by atoms with Gasteiger partial charge in [0.2, 0.25) is 10.0 Å². The van der Waals surface area contributed by atoms with Crippen LogP contribution in [0.5, 0.6) is 0 Å². The molecule has 1 aliphatic rings. The summed E-state index contributed by atoms with van der Waals surface area (Å²) in [5, 5.41) is 0. The van der Waals surface area contributed by atoms with E-state index in [1.165, 1.54) is 11.8 Å². The number of rotatable bonds is 6. The molecule has 2 N–H and O–H groups in total. The van der Waals surface area contributed by atoms with Crippen LogP contribution in [0.2, 0.25) is 0 Å². The Morgan fingerprint density at radius 2 is 2.14 bits per heavy atom. The van der Waals surface area contributed by atoms with Crippen LogP contribution in [0.4, 0.5) is 0 Å². The minimum absolute atomic E-state index is 0.127. The molecule has 1 aromatic rings. The van der Waals surface area contributed by atoms with Crippen LogP contribution >= 0.6 is 0 Å². The molecule has 5 nitrogen and oxygen atoms in total. The summed E-state index contributed by atoms with van der Waals surface area (Å²) >= 11 is 0. The average molecular weight is 311 g/mol. The Hall–Kier alpha value is -0.980. The normalized spacial score (nSPS) is 22.1. The summed E-state index contributed by atoms with van der Waals surface area (Å²) in [6.07, 6.45) is 9.68. The van der Waals surface area contributed by atoms with Crippen molar-refractivity contribution in [3.8, 4) is 0 Å². The SMILES string of the molecule is CS(=O)(=O)N1CCCC(CC(N)CCc2ccncc2)C1. The lowest BCUT2D eigenvalue weighted by atomic mass is 9.90. The van der Waals surface area contributed by atoms with Gasteiger partial charge in [0.05, 0.1) is 6.26 Å². The predicted octanol–water partition coefficient (Wildman–Crippen LogP) is 1.40. The van der Waals surface area contributed by atoms with Gasteiger partial charge in [-0.05, 0) is 55.7 Å². The van der Waals surface area contributed by atoms with Gasteiger partial charge < -0.3 is 5.73 Å². The minimum Gasteiger partial charge on any atom is -0.328 e. The number of aromatic nitrogens is 1. The molecule has 1 aliphatic heterocycles.